The Kier molecular flexibility index (Phi) is 5.23. The fourth-order valence-corrected chi connectivity index (χ4v) is 5.12. The number of carbonyl (C=O) groups excluding carboxylic acids is 1. The normalized spacial score (nSPS) is 22.2. The number of benzene rings is 2. The molecule has 3 aromatic rings. The van der Waals surface area contributed by atoms with Crippen molar-refractivity contribution in [1.29, 1.82) is 5.26 Å². The standard InChI is InChI=1S/C26H25N5O2/c1-16-12-19(31-25(32)20-4-2-3-5-21(20)26(31)33)9-11-30(16)24-13-17(6-7-23(24)28)22-15-29-10-8-18(22)14-27/h2-8,10,13,15-16,19,25,32H,9,11-12,28H2,1H3/t16-,19-,25?/m0/s1. The van der Waals surface area contributed by atoms with E-state index in [1.165, 1.54) is 0 Å². The lowest BCUT2D eigenvalue weighted by Crippen LogP contribution is -2.50. The van der Waals surface area contributed by atoms with Crippen molar-refractivity contribution < 1.29 is 9.90 Å². The number of nitriles is 1. The number of hydrogen-bond donors (Lipinski definition) is 2. The van der Waals surface area contributed by atoms with Crippen LogP contribution in [0, 0.1) is 11.3 Å². The minimum atomic E-state index is -0.902. The first-order chi connectivity index (χ1) is 16.0. The second-order valence-corrected chi connectivity index (χ2v) is 8.70. The summed E-state index contributed by atoms with van der Waals surface area (Å²) in [6.07, 6.45) is 3.85. The number of hydrogen-bond acceptors (Lipinski definition) is 6. The Morgan fingerprint density at radius 3 is 2.76 bits per heavy atom. The summed E-state index contributed by atoms with van der Waals surface area (Å²) in [6, 6.07) is 17.0. The van der Waals surface area contributed by atoms with Gasteiger partial charge in [0, 0.05) is 47.7 Å². The van der Waals surface area contributed by atoms with Gasteiger partial charge in [0.05, 0.1) is 23.0 Å². The Morgan fingerprint density at radius 2 is 2.00 bits per heavy atom. The first-order valence-electron chi connectivity index (χ1n) is 11.1. The van der Waals surface area contributed by atoms with Crippen molar-refractivity contribution in [2.75, 3.05) is 17.2 Å². The lowest BCUT2D eigenvalue weighted by Gasteiger charge is -2.43. The summed E-state index contributed by atoms with van der Waals surface area (Å²) in [6.45, 7) is 2.81. The van der Waals surface area contributed by atoms with Crippen LogP contribution in [0.2, 0.25) is 0 Å². The molecule has 2 aromatic carbocycles. The third kappa shape index (κ3) is 3.49. The number of pyridine rings is 1. The van der Waals surface area contributed by atoms with Gasteiger partial charge < -0.3 is 20.6 Å². The van der Waals surface area contributed by atoms with Crippen LogP contribution in [-0.4, -0.2) is 39.5 Å². The lowest BCUT2D eigenvalue weighted by molar-refractivity contribution is -0.0102. The molecule has 1 aromatic heterocycles. The fourth-order valence-electron chi connectivity index (χ4n) is 5.12. The summed E-state index contributed by atoms with van der Waals surface area (Å²) in [5.41, 5.74) is 11.4. The SMILES string of the molecule is C[C@H]1C[C@@H](N2C(=O)c3ccccc3C2O)CCN1c1cc(-c2cnccc2C#N)ccc1N. The van der Waals surface area contributed by atoms with Crippen molar-refractivity contribution in [3.8, 4) is 17.2 Å². The van der Waals surface area contributed by atoms with E-state index in [-0.39, 0.29) is 18.0 Å². The molecule has 2 aliphatic heterocycles. The number of nitrogen functional groups attached to an aromatic ring is 1. The molecule has 0 spiro atoms. The zero-order chi connectivity index (χ0) is 23.1. The highest BCUT2D eigenvalue weighted by atomic mass is 16.3. The van der Waals surface area contributed by atoms with E-state index >= 15 is 0 Å². The number of carbonyl (C=O) groups is 1. The van der Waals surface area contributed by atoms with Crippen molar-refractivity contribution in [3.05, 3.63) is 77.6 Å². The van der Waals surface area contributed by atoms with Gasteiger partial charge in [-0.3, -0.25) is 9.78 Å². The highest BCUT2D eigenvalue weighted by Crippen LogP contribution is 2.39. The Bertz CT molecular complexity index is 1270. The molecule has 0 aliphatic carbocycles. The Labute approximate surface area is 192 Å². The zero-order valence-electron chi connectivity index (χ0n) is 18.3. The van der Waals surface area contributed by atoms with Gasteiger partial charge in [0.1, 0.15) is 0 Å². The quantitative estimate of drug-likeness (QED) is 0.603. The van der Waals surface area contributed by atoms with E-state index in [1.807, 2.05) is 36.4 Å². The van der Waals surface area contributed by atoms with Crippen molar-refractivity contribution >= 4 is 17.3 Å². The summed E-state index contributed by atoms with van der Waals surface area (Å²) in [4.78, 5) is 21.0. The fraction of sp³-hybridized carbons (Fsp3) is 0.269. The molecule has 0 bridgehead atoms. The van der Waals surface area contributed by atoms with Crippen LogP contribution in [0.1, 0.15) is 47.5 Å². The first-order valence-corrected chi connectivity index (χ1v) is 11.1. The Morgan fingerprint density at radius 1 is 1.18 bits per heavy atom. The maximum atomic E-state index is 13.0. The average molecular weight is 440 g/mol. The van der Waals surface area contributed by atoms with Crippen LogP contribution < -0.4 is 10.6 Å². The second kappa shape index (κ2) is 8.23. The predicted molar refractivity (Wildman–Crippen MR) is 126 cm³/mol. The molecule has 33 heavy (non-hydrogen) atoms. The van der Waals surface area contributed by atoms with Crippen LogP contribution in [-0.2, 0) is 0 Å². The number of aromatic nitrogens is 1. The van der Waals surface area contributed by atoms with Gasteiger partial charge >= 0.3 is 0 Å². The molecule has 166 valence electrons. The molecular weight excluding hydrogens is 414 g/mol. The number of amides is 1. The molecule has 3 heterocycles. The van der Waals surface area contributed by atoms with E-state index in [0.29, 0.717) is 28.9 Å². The zero-order valence-corrected chi connectivity index (χ0v) is 18.3. The predicted octanol–water partition coefficient (Wildman–Crippen LogP) is 3.71. The van der Waals surface area contributed by atoms with E-state index in [4.69, 9.17) is 5.73 Å². The van der Waals surface area contributed by atoms with Gasteiger partial charge in [-0.15, -0.1) is 0 Å². The average Bonchev–Trinajstić information content (AvgIpc) is 3.09. The third-order valence-electron chi connectivity index (χ3n) is 6.80. The molecule has 7 heteroatoms. The van der Waals surface area contributed by atoms with E-state index in [0.717, 1.165) is 29.7 Å². The van der Waals surface area contributed by atoms with Gasteiger partial charge in [-0.05, 0) is 49.6 Å². The summed E-state index contributed by atoms with van der Waals surface area (Å²) in [5.74, 6) is -0.106. The number of nitrogens with two attached hydrogens (primary N) is 1. The highest BCUT2D eigenvalue weighted by molar-refractivity contribution is 5.99. The van der Waals surface area contributed by atoms with Crippen molar-refractivity contribution in [3.63, 3.8) is 0 Å². The molecule has 0 saturated carbocycles. The number of piperidine rings is 1. The molecule has 5 rings (SSSR count). The van der Waals surface area contributed by atoms with Gasteiger partial charge in [0.25, 0.3) is 5.91 Å². The van der Waals surface area contributed by atoms with Gasteiger partial charge in [0.2, 0.25) is 0 Å². The van der Waals surface area contributed by atoms with Crippen LogP contribution in [0.3, 0.4) is 0 Å². The van der Waals surface area contributed by atoms with Gasteiger partial charge in [-0.25, -0.2) is 0 Å². The van der Waals surface area contributed by atoms with Gasteiger partial charge in [0.15, 0.2) is 6.23 Å². The number of aliphatic hydroxyl groups is 1. The molecular formula is C26H25N5O2. The summed E-state index contributed by atoms with van der Waals surface area (Å²) in [7, 11) is 0. The van der Waals surface area contributed by atoms with E-state index in [1.54, 1.807) is 29.4 Å². The minimum Gasteiger partial charge on any atom is -0.397 e. The summed E-state index contributed by atoms with van der Waals surface area (Å²) in [5, 5.41) is 20.3. The van der Waals surface area contributed by atoms with Crippen molar-refractivity contribution in [2.45, 2.75) is 38.1 Å². The van der Waals surface area contributed by atoms with Crippen LogP contribution in [0.25, 0.3) is 11.1 Å². The molecule has 1 unspecified atom stereocenters. The molecule has 0 radical (unpaired) electrons. The number of fused-ring (bicyclic) bond motifs is 1. The maximum absolute atomic E-state index is 13.0. The number of nitrogens with zero attached hydrogens (tertiary/aromatic N) is 4. The summed E-state index contributed by atoms with van der Waals surface area (Å²) < 4.78 is 0. The number of aliphatic hydroxyl groups excluding tert-OH is 1. The third-order valence-corrected chi connectivity index (χ3v) is 6.80. The molecule has 7 nitrogen and oxygen atoms in total. The topological polar surface area (TPSA) is 106 Å². The van der Waals surface area contributed by atoms with Crippen molar-refractivity contribution in [2.24, 2.45) is 0 Å². The monoisotopic (exact) mass is 439 g/mol. The van der Waals surface area contributed by atoms with Crippen LogP contribution in [0.5, 0.6) is 0 Å². The second-order valence-electron chi connectivity index (χ2n) is 8.70. The largest absolute Gasteiger partial charge is 0.397 e. The first kappa shape index (κ1) is 21.0. The van der Waals surface area contributed by atoms with Gasteiger partial charge in [-0.1, -0.05) is 24.3 Å². The lowest BCUT2D eigenvalue weighted by atomic mass is 9.94. The molecule has 1 fully saturated rings. The van der Waals surface area contributed by atoms with E-state index in [2.05, 4.69) is 22.9 Å². The van der Waals surface area contributed by atoms with Crippen molar-refractivity contribution in [1.82, 2.24) is 9.88 Å². The molecule has 2 aliphatic rings. The van der Waals surface area contributed by atoms with E-state index < -0.39 is 6.23 Å². The number of rotatable bonds is 3. The minimum absolute atomic E-state index is 0.0564. The Balaban J connectivity index is 1.39. The van der Waals surface area contributed by atoms with Crippen LogP contribution >= 0.6 is 0 Å². The number of anilines is 2. The Hall–Kier alpha value is -3.89. The summed E-state index contributed by atoms with van der Waals surface area (Å²) >= 11 is 0. The van der Waals surface area contributed by atoms with Crippen LogP contribution in [0.4, 0.5) is 11.4 Å². The van der Waals surface area contributed by atoms with Gasteiger partial charge in [-0.2, -0.15) is 5.26 Å². The van der Waals surface area contributed by atoms with Crippen LogP contribution in [0.15, 0.2) is 60.9 Å². The molecule has 3 N–H and O–H groups in total. The highest BCUT2D eigenvalue weighted by Gasteiger charge is 2.42. The molecule has 1 amide bonds. The maximum Gasteiger partial charge on any atom is 0.256 e. The molecule has 1 saturated heterocycles. The van der Waals surface area contributed by atoms with E-state index in [9.17, 15) is 15.2 Å². The molecule has 3 atom stereocenters. The smallest absolute Gasteiger partial charge is 0.256 e.